The van der Waals surface area contributed by atoms with Crippen LogP contribution in [-0.4, -0.2) is 55.8 Å². The normalized spacial score (nSPS) is 14.2. The van der Waals surface area contributed by atoms with Crippen molar-refractivity contribution in [2.45, 2.75) is 19.4 Å². The second-order valence-corrected chi connectivity index (χ2v) is 5.76. The van der Waals surface area contributed by atoms with Gasteiger partial charge >= 0.3 is 0 Å². The summed E-state index contributed by atoms with van der Waals surface area (Å²) in [5.41, 5.74) is 1.48. The molecule has 1 saturated heterocycles. The average molecular weight is 332 g/mol. The number of carbonyl (C=O) groups is 3. The first-order valence-corrected chi connectivity index (χ1v) is 8.16. The van der Waals surface area contributed by atoms with Gasteiger partial charge in [0.25, 0.3) is 5.91 Å². The molecule has 1 aromatic rings. The van der Waals surface area contributed by atoms with Crippen LogP contribution in [0.25, 0.3) is 0 Å². The summed E-state index contributed by atoms with van der Waals surface area (Å²) in [6.07, 6.45) is 1.30. The maximum atomic E-state index is 12.3. The van der Waals surface area contributed by atoms with Crippen molar-refractivity contribution in [3.05, 3.63) is 35.4 Å². The molecule has 0 bridgehead atoms. The SMILES string of the molecule is CNCCCC(=O)NCc1ccc(C(=O)N2CCNC(=O)C2)cc1. The summed E-state index contributed by atoms with van der Waals surface area (Å²) in [6.45, 7) is 2.37. The third-order valence-corrected chi connectivity index (χ3v) is 3.85. The molecule has 0 radical (unpaired) electrons. The zero-order chi connectivity index (χ0) is 17.4. The Bertz CT molecular complexity index is 586. The maximum Gasteiger partial charge on any atom is 0.254 e. The summed E-state index contributed by atoms with van der Waals surface area (Å²) < 4.78 is 0. The van der Waals surface area contributed by atoms with E-state index >= 15 is 0 Å². The van der Waals surface area contributed by atoms with E-state index in [2.05, 4.69) is 16.0 Å². The number of nitrogens with zero attached hydrogens (tertiary/aromatic N) is 1. The molecular weight excluding hydrogens is 308 g/mol. The molecule has 3 amide bonds. The molecule has 1 aliphatic rings. The number of benzene rings is 1. The van der Waals surface area contributed by atoms with Crippen LogP contribution in [0.1, 0.15) is 28.8 Å². The summed E-state index contributed by atoms with van der Waals surface area (Å²) >= 11 is 0. The van der Waals surface area contributed by atoms with Gasteiger partial charge in [0.15, 0.2) is 0 Å². The zero-order valence-corrected chi connectivity index (χ0v) is 13.9. The van der Waals surface area contributed by atoms with Crippen molar-refractivity contribution < 1.29 is 14.4 Å². The molecule has 1 aromatic carbocycles. The Morgan fingerprint density at radius 1 is 1.25 bits per heavy atom. The van der Waals surface area contributed by atoms with E-state index in [-0.39, 0.29) is 24.3 Å². The van der Waals surface area contributed by atoms with E-state index in [1.807, 2.05) is 19.2 Å². The first-order chi connectivity index (χ1) is 11.6. The predicted molar refractivity (Wildman–Crippen MR) is 90.4 cm³/mol. The van der Waals surface area contributed by atoms with E-state index < -0.39 is 0 Å². The largest absolute Gasteiger partial charge is 0.353 e. The van der Waals surface area contributed by atoms with E-state index in [9.17, 15) is 14.4 Å². The van der Waals surface area contributed by atoms with Crippen molar-refractivity contribution in [1.82, 2.24) is 20.9 Å². The number of piperazine rings is 1. The van der Waals surface area contributed by atoms with Gasteiger partial charge in [0, 0.05) is 31.6 Å². The minimum atomic E-state index is -0.146. The fraction of sp³-hybridized carbons (Fsp3) is 0.471. The molecule has 7 nitrogen and oxygen atoms in total. The Labute approximate surface area is 141 Å². The number of nitrogens with one attached hydrogen (secondary N) is 3. The quantitative estimate of drug-likeness (QED) is 0.607. The average Bonchev–Trinajstić information content (AvgIpc) is 2.60. The highest BCUT2D eigenvalue weighted by Crippen LogP contribution is 2.09. The molecule has 24 heavy (non-hydrogen) atoms. The highest BCUT2D eigenvalue weighted by Gasteiger charge is 2.22. The van der Waals surface area contributed by atoms with Crippen molar-refractivity contribution >= 4 is 17.7 Å². The molecule has 0 unspecified atom stereocenters. The number of amides is 3. The highest BCUT2D eigenvalue weighted by atomic mass is 16.2. The molecule has 1 heterocycles. The standard InChI is InChI=1S/C17H24N4O3/c1-18-8-2-3-15(22)20-11-13-4-6-14(7-5-13)17(24)21-10-9-19-16(23)12-21/h4-7,18H,2-3,8-12H2,1H3,(H,19,23)(H,20,22). The van der Waals surface area contributed by atoms with Gasteiger partial charge in [-0.15, -0.1) is 0 Å². The van der Waals surface area contributed by atoms with Crippen molar-refractivity contribution in [2.24, 2.45) is 0 Å². The van der Waals surface area contributed by atoms with E-state index in [0.717, 1.165) is 18.5 Å². The molecule has 3 N–H and O–H groups in total. The lowest BCUT2D eigenvalue weighted by Gasteiger charge is -2.26. The van der Waals surface area contributed by atoms with Gasteiger partial charge in [-0.2, -0.15) is 0 Å². The van der Waals surface area contributed by atoms with Crippen LogP contribution in [0, 0.1) is 0 Å². The highest BCUT2D eigenvalue weighted by molar-refractivity contribution is 5.97. The molecule has 0 aromatic heterocycles. The molecule has 0 aliphatic carbocycles. The molecule has 0 spiro atoms. The summed E-state index contributed by atoms with van der Waals surface area (Å²) in [4.78, 5) is 36.9. The van der Waals surface area contributed by atoms with Crippen LogP contribution in [0.2, 0.25) is 0 Å². The molecule has 130 valence electrons. The summed E-state index contributed by atoms with van der Waals surface area (Å²) in [6, 6.07) is 7.12. The van der Waals surface area contributed by atoms with Crippen molar-refractivity contribution in [3.8, 4) is 0 Å². The lowest BCUT2D eigenvalue weighted by Crippen LogP contribution is -2.49. The smallest absolute Gasteiger partial charge is 0.254 e. The molecule has 2 rings (SSSR count). The van der Waals surface area contributed by atoms with Gasteiger partial charge in [-0.25, -0.2) is 0 Å². The molecule has 7 heteroatoms. The minimum absolute atomic E-state index is 0.0183. The van der Waals surface area contributed by atoms with Gasteiger partial charge in [-0.05, 0) is 37.7 Å². The predicted octanol–water partition coefficient (Wildman–Crippen LogP) is -0.126. The monoisotopic (exact) mass is 332 g/mol. The van der Waals surface area contributed by atoms with Gasteiger partial charge in [-0.3, -0.25) is 14.4 Å². The number of hydrogen-bond acceptors (Lipinski definition) is 4. The van der Waals surface area contributed by atoms with Crippen molar-refractivity contribution in [2.75, 3.05) is 33.2 Å². The third-order valence-electron chi connectivity index (χ3n) is 3.85. The first kappa shape index (κ1) is 17.9. The van der Waals surface area contributed by atoms with Crippen molar-refractivity contribution in [3.63, 3.8) is 0 Å². The van der Waals surface area contributed by atoms with E-state index in [1.165, 1.54) is 4.90 Å². The maximum absolute atomic E-state index is 12.3. The molecule has 1 fully saturated rings. The number of hydrogen-bond donors (Lipinski definition) is 3. The van der Waals surface area contributed by atoms with Crippen LogP contribution in [0.3, 0.4) is 0 Å². The third kappa shape index (κ3) is 5.34. The Morgan fingerprint density at radius 3 is 2.67 bits per heavy atom. The fourth-order valence-corrected chi connectivity index (χ4v) is 2.47. The molecule has 0 saturated carbocycles. The first-order valence-electron chi connectivity index (χ1n) is 8.16. The van der Waals surface area contributed by atoms with Gasteiger partial charge in [0.1, 0.15) is 0 Å². The number of rotatable bonds is 7. The second-order valence-electron chi connectivity index (χ2n) is 5.76. The van der Waals surface area contributed by atoms with Crippen LogP contribution in [-0.2, 0) is 16.1 Å². The Hall–Kier alpha value is -2.41. The Balaban J connectivity index is 1.83. The van der Waals surface area contributed by atoms with E-state index in [0.29, 0.717) is 31.6 Å². The summed E-state index contributed by atoms with van der Waals surface area (Å²) in [5, 5.41) is 8.56. The molecular formula is C17H24N4O3. The van der Waals surface area contributed by atoms with Gasteiger partial charge in [-0.1, -0.05) is 12.1 Å². The summed E-state index contributed by atoms with van der Waals surface area (Å²) in [5.74, 6) is -0.260. The van der Waals surface area contributed by atoms with E-state index in [4.69, 9.17) is 0 Å². The lowest BCUT2D eigenvalue weighted by molar-refractivity contribution is -0.123. The van der Waals surface area contributed by atoms with Crippen LogP contribution < -0.4 is 16.0 Å². The van der Waals surface area contributed by atoms with Crippen LogP contribution in [0.4, 0.5) is 0 Å². The van der Waals surface area contributed by atoms with Gasteiger partial charge in [0.2, 0.25) is 11.8 Å². The zero-order valence-electron chi connectivity index (χ0n) is 13.9. The van der Waals surface area contributed by atoms with Gasteiger partial charge in [0.05, 0.1) is 6.54 Å². The van der Waals surface area contributed by atoms with E-state index in [1.54, 1.807) is 12.1 Å². The fourth-order valence-electron chi connectivity index (χ4n) is 2.47. The summed E-state index contributed by atoms with van der Waals surface area (Å²) in [7, 11) is 1.86. The van der Waals surface area contributed by atoms with Crippen molar-refractivity contribution in [1.29, 1.82) is 0 Å². The lowest BCUT2D eigenvalue weighted by atomic mass is 10.1. The topological polar surface area (TPSA) is 90.5 Å². The van der Waals surface area contributed by atoms with Crippen LogP contribution in [0.15, 0.2) is 24.3 Å². The molecule has 1 aliphatic heterocycles. The Morgan fingerprint density at radius 2 is 2.00 bits per heavy atom. The van der Waals surface area contributed by atoms with Crippen LogP contribution in [0.5, 0.6) is 0 Å². The minimum Gasteiger partial charge on any atom is -0.353 e. The van der Waals surface area contributed by atoms with Gasteiger partial charge < -0.3 is 20.9 Å². The Kier molecular flexibility index (Phi) is 6.74. The second kappa shape index (κ2) is 9.02. The molecule has 0 atom stereocenters. The number of carbonyl (C=O) groups excluding carboxylic acids is 3. The van der Waals surface area contributed by atoms with Crippen LogP contribution >= 0.6 is 0 Å².